The maximum Gasteiger partial charge on any atom is 0.147 e. The molecule has 0 atom stereocenters. The van der Waals surface area contributed by atoms with E-state index in [9.17, 15) is 0 Å². The van der Waals surface area contributed by atoms with Crippen molar-refractivity contribution in [2.24, 2.45) is 0 Å². The van der Waals surface area contributed by atoms with Gasteiger partial charge in [0.2, 0.25) is 0 Å². The molecule has 3 aromatic heterocycles. The normalized spacial score (nSPS) is 9.14. The molecule has 0 amide bonds. The van der Waals surface area contributed by atoms with Crippen molar-refractivity contribution < 1.29 is 0 Å². The van der Waals surface area contributed by atoms with E-state index in [1.54, 1.807) is 18.7 Å². The fourth-order valence-electron chi connectivity index (χ4n) is 1.61. The van der Waals surface area contributed by atoms with Gasteiger partial charge >= 0.3 is 0 Å². The number of H-pyrrole nitrogens is 1. The van der Waals surface area contributed by atoms with Gasteiger partial charge in [0.15, 0.2) is 0 Å². The van der Waals surface area contributed by atoms with Gasteiger partial charge in [-0.3, -0.25) is 0 Å². The molecule has 1 N–H and O–H groups in total. The molecule has 0 saturated heterocycles. The second kappa shape index (κ2) is 6.18. The van der Waals surface area contributed by atoms with Crippen molar-refractivity contribution in [3.63, 3.8) is 0 Å². The average molecular weight is 270 g/mol. The first-order valence-corrected chi connectivity index (χ1v) is 6.31. The van der Waals surface area contributed by atoms with Gasteiger partial charge in [0.05, 0.1) is 6.33 Å². The second-order valence-electron chi connectivity index (χ2n) is 4.06. The first-order chi connectivity index (χ1) is 10.4. The van der Waals surface area contributed by atoms with Crippen molar-refractivity contribution in [2.45, 2.75) is 0 Å². The second-order valence-corrected chi connectivity index (χ2v) is 4.06. The van der Waals surface area contributed by atoms with Crippen LogP contribution in [0.2, 0.25) is 0 Å². The van der Waals surface area contributed by atoms with Crippen LogP contribution >= 0.6 is 0 Å². The Labute approximate surface area is 122 Å². The van der Waals surface area contributed by atoms with Crippen LogP contribution in [0.3, 0.4) is 0 Å². The molecule has 0 radical (unpaired) electrons. The van der Waals surface area contributed by atoms with Crippen molar-refractivity contribution >= 4 is 0 Å². The lowest BCUT2D eigenvalue weighted by molar-refractivity contribution is 1.28. The zero-order valence-electron chi connectivity index (χ0n) is 11.0. The molecule has 0 aliphatic rings. The van der Waals surface area contributed by atoms with Gasteiger partial charge in [0.25, 0.3) is 0 Å². The molecule has 3 aromatic rings. The van der Waals surface area contributed by atoms with Crippen LogP contribution < -0.4 is 0 Å². The van der Waals surface area contributed by atoms with E-state index in [1.165, 1.54) is 0 Å². The lowest BCUT2D eigenvalue weighted by Crippen LogP contribution is -1.84. The van der Waals surface area contributed by atoms with Crippen molar-refractivity contribution in [2.75, 3.05) is 0 Å². The average Bonchev–Trinajstić information content (AvgIpc) is 3.00. The highest BCUT2D eigenvalue weighted by Crippen LogP contribution is 2.00. The summed E-state index contributed by atoms with van der Waals surface area (Å²) in [4.78, 5) is 15.4. The van der Waals surface area contributed by atoms with E-state index in [1.807, 2.05) is 36.4 Å². The van der Waals surface area contributed by atoms with Gasteiger partial charge in [0.1, 0.15) is 22.8 Å². The van der Waals surface area contributed by atoms with Crippen LogP contribution in [0.15, 0.2) is 55.1 Å². The van der Waals surface area contributed by atoms with Crippen LogP contribution in [-0.4, -0.2) is 19.9 Å². The lowest BCUT2D eigenvalue weighted by atomic mass is 10.3. The highest BCUT2D eigenvalue weighted by molar-refractivity contribution is 5.46. The minimum Gasteiger partial charge on any atom is -0.337 e. The van der Waals surface area contributed by atoms with Gasteiger partial charge in [-0.2, -0.15) is 0 Å². The number of imidazole rings is 1. The predicted octanol–water partition coefficient (Wildman–Crippen LogP) is 2.00. The van der Waals surface area contributed by atoms with E-state index in [-0.39, 0.29) is 0 Å². The van der Waals surface area contributed by atoms with E-state index in [0.717, 1.165) is 0 Å². The lowest BCUT2D eigenvalue weighted by Gasteiger charge is -1.87. The summed E-state index contributed by atoms with van der Waals surface area (Å²) in [6.45, 7) is 0. The summed E-state index contributed by atoms with van der Waals surface area (Å²) in [6.07, 6.45) is 4.99. The van der Waals surface area contributed by atoms with Crippen LogP contribution in [-0.2, 0) is 0 Å². The van der Waals surface area contributed by atoms with Crippen molar-refractivity contribution in [1.82, 2.24) is 19.9 Å². The van der Waals surface area contributed by atoms with E-state index in [2.05, 4.69) is 43.6 Å². The molecule has 4 nitrogen and oxygen atoms in total. The molecular formula is C17H10N4. The Morgan fingerprint density at radius 2 is 1.38 bits per heavy atom. The summed E-state index contributed by atoms with van der Waals surface area (Å²) in [5.74, 6) is 11.9. The molecule has 98 valence electrons. The number of nitrogens with one attached hydrogen (secondary N) is 1. The number of rotatable bonds is 0. The van der Waals surface area contributed by atoms with Crippen LogP contribution in [0.1, 0.15) is 22.8 Å². The Balaban J connectivity index is 1.86. The summed E-state index contributed by atoms with van der Waals surface area (Å²) >= 11 is 0. The van der Waals surface area contributed by atoms with Gasteiger partial charge in [-0.25, -0.2) is 15.0 Å². The van der Waals surface area contributed by atoms with Gasteiger partial charge in [-0.15, -0.1) is 0 Å². The third-order valence-electron chi connectivity index (χ3n) is 2.59. The maximum absolute atomic E-state index is 4.16. The van der Waals surface area contributed by atoms with Crippen molar-refractivity contribution in [1.29, 1.82) is 0 Å². The van der Waals surface area contributed by atoms with E-state index >= 15 is 0 Å². The van der Waals surface area contributed by atoms with E-state index < -0.39 is 0 Å². The Morgan fingerprint density at radius 1 is 0.714 bits per heavy atom. The summed E-state index contributed by atoms with van der Waals surface area (Å²) in [5.41, 5.74) is 2.67. The summed E-state index contributed by atoms with van der Waals surface area (Å²) in [5, 5.41) is 0. The zero-order valence-corrected chi connectivity index (χ0v) is 11.0. The monoisotopic (exact) mass is 270 g/mol. The molecular weight excluding hydrogens is 260 g/mol. The summed E-state index contributed by atoms with van der Waals surface area (Å²) < 4.78 is 0. The van der Waals surface area contributed by atoms with E-state index in [0.29, 0.717) is 22.8 Å². The molecule has 0 aliphatic carbocycles. The number of nitrogens with zero attached hydrogens (tertiary/aromatic N) is 3. The number of aromatic amines is 1. The van der Waals surface area contributed by atoms with Crippen molar-refractivity contribution in [3.8, 4) is 23.7 Å². The molecule has 4 heteroatoms. The molecule has 0 unspecified atom stereocenters. The molecule has 0 aromatic carbocycles. The number of aromatic nitrogens is 4. The molecule has 0 fully saturated rings. The Kier molecular flexibility index (Phi) is 3.73. The largest absolute Gasteiger partial charge is 0.337 e. The number of hydrogen-bond donors (Lipinski definition) is 1. The summed E-state index contributed by atoms with van der Waals surface area (Å²) in [7, 11) is 0. The minimum atomic E-state index is 0.601. The fraction of sp³-hybridized carbons (Fsp3) is 0. The molecule has 3 heterocycles. The first kappa shape index (κ1) is 12.7. The molecule has 21 heavy (non-hydrogen) atoms. The minimum absolute atomic E-state index is 0.601. The quantitative estimate of drug-likeness (QED) is 0.636. The van der Waals surface area contributed by atoms with Crippen LogP contribution in [0.25, 0.3) is 0 Å². The summed E-state index contributed by atoms with van der Waals surface area (Å²) in [6, 6.07) is 11.2. The van der Waals surface area contributed by atoms with Gasteiger partial charge in [-0.05, 0) is 47.9 Å². The van der Waals surface area contributed by atoms with E-state index in [4.69, 9.17) is 0 Å². The topological polar surface area (TPSA) is 54.5 Å². The van der Waals surface area contributed by atoms with Crippen LogP contribution in [0.4, 0.5) is 0 Å². The Hall–Kier alpha value is -3.37. The molecule has 0 aliphatic heterocycles. The van der Waals surface area contributed by atoms with Gasteiger partial charge < -0.3 is 4.98 Å². The number of pyridine rings is 2. The highest BCUT2D eigenvalue weighted by Gasteiger charge is 1.98. The van der Waals surface area contributed by atoms with Gasteiger partial charge in [-0.1, -0.05) is 12.1 Å². The molecule has 3 rings (SSSR count). The molecule has 0 saturated carbocycles. The maximum atomic E-state index is 4.16. The standard InChI is InChI=1S/C17H10N4/c1-3-11-18-14(5-1)7-9-16-17(21-13-20-16)10-8-15-6-2-4-12-19-15/h1-6,11-13H,(H,20,21). The third kappa shape index (κ3) is 3.34. The SMILES string of the molecule is C(#Cc1nc[nH]c1C#Cc1ccccn1)c1ccccn1. The zero-order chi connectivity index (χ0) is 14.3. The van der Waals surface area contributed by atoms with Crippen LogP contribution in [0.5, 0.6) is 0 Å². The molecule has 0 spiro atoms. The smallest absolute Gasteiger partial charge is 0.147 e. The third-order valence-corrected chi connectivity index (χ3v) is 2.59. The highest BCUT2D eigenvalue weighted by atomic mass is 14.9. The predicted molar refractivity (Wildman–Crippen MR) is 79.0 cm³/mol. The Morgan fingerprint density at radius 3 is 2.00 bits per heavy atom. The molecule has 0 bridgehead atoms. The van der Waals surface area contributed by atoms with Gasteiger partial charge in [0, 0.05) is 12.4 Å². The van der Waals surface area contributed by atoms with Crippen LogP contribution in [0, 0.1) is 23.7 Å². The Bertz CT molecular complexity index is 772. The number of hydrogen-bond acceptors (Lipinski definition) is 3. The fourth-order valence-corrected chi connectivity index (χ4v) is 1.61. The van der Waals surface area contributed by atoms with Crippen molar-refractivity contribution in [3.05, 3.63) is 77.9 Å². The first-order valence-electron chi connectivity index (χ1n) is 6.31.